The second kappa shape index (κ2) is 8.19. The molecule has 132 valence electrons. The molecular formula is C19H22N2O4. The quantitative estimate of drug-likeness (QED) is 0.842. The second-order valence-corrected chi connectivity index (χ2v) is 5.74. The molecule has 2 N–H and O–H groups in total. The molecule has 0 radical (unpaired) electrons. The third-order valence-electron chi connectivity index (χ3n) is 3.60. The number of carbonyl (C=O) groups is 2. The molecule has 0 heterocycles. The first-order valence-electron chi connectivity index (χ1n) is 7.89. The number of anilines is 2. The van der Waals surface area contributed by atoms with Crippen LogP contribution in [0.4, 0.5) is 11.4 Å². The van der Waals surface area contributed by atoms with Crippen LogP contribution >= 0.6 is 0 Å². The van der Waals surface area contributed by atoms with Gasteiger partial charge in [0.05, 0.1) is 19.9 Å². The van der Waals surface area contributed by atoms with E-state index in [0.717, 1.165) is 0 Å². The molecule has 0 saturated heterocycles. The van der Waals surface area contributed by atoms with Crippen LogP contribution in [0.5, 0.6) is 11.5 Å². The number of carbonyl (C=O) groups excluding carboxylic acids is 2. The van der Waals surface area contributed by atoms with E-state index in [-0.39, 0.29) is 17.7 Å². The Morgan fingerprint density at radius 3 is 2.16 bits per heavy atom. The fourth-order valence-electron chi connectivity index (χ4n) is 2.09. The molecule has 6 heteroatoms. The monoisotopic (exact) mass is 342 g/mol. The number of methoxy groups -OCH3 is 2. The lowest BCUT2D eigenvalue weighted by molar-refractivity contribution is -0.118. The van der Waals surface area contributed by atoms with Crippen LogP contribution in [0.15, 0.2) is 42.5 Å². The van der Waals surface area contributed by atoms with E-state index in [1.807, 2.05) is 13.8 Å². The highest BCUT2D eigenvalue weighted by Crippen LogP contribution is 2.29. The SMILES string of the molecule is COc1ccc(NC(=O)c2ccc(NC(=O)C(C)C)cc2)c(OC)c1. The number of ether oxygens (including phenoxy) is 2. The van der Waals surface area contributed by atoms with Gasteiger partial charge >= 0.3 is 0 Å². The number of benzene rings is 2. The molecule has 0 fully saturated rings. The van der Waals surface area contributed by atoms with E-state index >= 15 is 0 Å². The maximum Gasteiger partial charge on any atom is 0.255 e. The van der Waals surface area contributed by atoms with Gasteiger partial charge in [-0.05, 0) is 36.4 Å². The van der Waals surface area contributed by atoms with Crippen LogP contribution in [0.25, 0.3) is 0 Å². The van der Waals surface area contributed by atoms with Gasteiger partial charge in [0.15, 0.2) is 0 Å². The molecule has 0 aliphatic heterocycles. The van der Waals surface area contributed by atoms with E-state index in [0.29, 0.717) is 28.4 Å². The zero-order valence-electron chi connectivity index (χ0n) is 14.8. The van der Waals surface area contributed by atoms with Gasteiger partial charge < -0.3 is 20.1 Å². The van der Waals surface area contributed by atoms with Crippen molar-refractivity contribution in [3.8, 4) is 11.5 Å². The molecule has 6 nitrogen and oxygen atoms in total. The Kier molecular flexibility index (Phi) is 6.00. The standard InChI is InChI=1S/C19H22N2O4/c1-12(2)18(22)20-14-7-5-13(6-8-14)19(23)21-16-10-9-15(24-3)11-17(16)25-4/h5-12H,1-4H3,(H,20,22)(H,21,23). The zero-order valence-corrected chi connectivity index (χ0v) is 14.8. The summed E-state index contributed by atoms with van der Waals surface area (Å²) in [5, 5.41) is 5.58. The predicted octanol–water partition coefficient (Wildman–Crippen LogP) is 3.55. The van der Waals surface area contributed by atoms with E-state index in [1.165, 1.54) is 7.11 Å². The second-order valence-electron chi connectivity index (χ2n) is 5.74. The average molecular weight is 342 g/mol. The van der Waals surface area contributed by atoms with Gasteiger partial charge in [0.2, 0.25) is 5.91 Å². The summed E-state index contributed by atoms with van der Waals surface area (Å²) in [6, 6.07) is 11.8. The fourth-order valence-corrected chi connectivity index (χ4v) is 2.09. The molecule has 0 saturated carbocycles. The molecule has 0 aromatic heterocycles. The minimum atomic E-state index is -0.273. The molecule has 0 bridgehead atoms. The number of hydrogen-bond acceptors (Lipinski definition) is 4. The number of nitrogens with one attached hydrogen (secondary N) is 2. The van der Waals surface area contributed by atoms with Crippen LogP contribution in [0.1, 0.15) is 24.2 Å². The summed E-state index contributed by atoms with van der Waals surface area (Å²) >= 11 is 0. The van der Waals surface area contributed by atoms with Gasteiger partial charge in [0.25, 0.3) is 5.91 Å². The van der Waals surface area contributed by atoms with E-state index in [4.69, 9.17) is 9.47 Å². The maximum atomic E-state index is 12.4. The Morgan fingerprint density at radius 2 is 1.60 bits per heavy atom. The lowest BCUT2D eigenvalue weighted by Gasteiger charge is -2.12. The van der Waals surface area contributed by atoms with Crippen molar-refractivity contribution in [2.45, 2.75) is 13.8 Å². The van der Waals surface area contributed by atoms with Crippen LogP contribution in [0, 0.1) is 5.92 Å². The molecule has 2 aromatic carbocycles. The first-order valence-corrected chi connectivity index (χ1v) is 7.89. The van der Waals surface area contributed by atoms with Crippen molar-refractivity contribution in [1.82, 2.24) is 0 Å². The number of rotatable bonds is 6. The maximum absolute atomic E-state index is 12.4. The van der Waals surface area contributed by atoms with Crippen molar-refractivity contribution in [2.75, 3.05) is 24.9 Å². The van der Waals surface area contributed by atoms with Gasteiger partial charge in [0.1, 0.15) is 11.5 Å². The lowest BCUT2D eigenvalue weighted by Crippen LogP contribution is -2.18. The lowest BCUT2D eigenvalue weighted by atomic mass is 10.1. The highest BCUT2D eigenvalue weighted by atomic mass is 16.5. The Hall–Kier alpha value is -3.02. The molecule has 25 heavy (non-hydrogen) atoms. The summed E-state index contributed by atoms with van der Waals surface area (Å²) in [4.78, 5) is 24.1. The van der Waals surface area contributed by atoms with Gasteiger partial charge in [-0.2, -0.15) is 0 Å². The van der Waals surface area contributed by atoms with Gasteiger partial charge in [0, 0.05) is 23.2 Å². The Balaban J connectivity index is 2.10. The van der Waals surface area contributed by atoms with Crippen LogP contribution in [0.2, 0.25) is 0 Å². The summed E-state index contributed by atoms with van der Waals surface area (Å²) in [6.45, 7) is 3.64. The van der Waals surface area contributed by atoms with Crippen LogP contribution in [-0.2, 0) is 4.79 Å². The molecule has 0 atom stereocenters. The molecule has 0 unspecified atom stereocenters. The Bertz CT molecular complexity index is 755. The fraction of sp³-hybridized carbons (Fsp3) is 0.263. The third kappa shape index (κ3) is 4.73. The molecule has 2 amide bonds. The van der Waals surface area contributed by atoms with E-state index < -0.39 is 0 Å². The van der Waals surface area contributed by atoms with Gasteiger partial charge in [-0.3, -0.25) is 9.59 Å². The van der Waals surface area contributed by atoms with Crippen molar-refractivity contribution < 1.29 is 19.1 Å². The molecule has 0 aliphatic rings. The molecule has 0 spiro atoms. The molecule has 0 aliphatic carbocycles. The Labute approximate surface area is 147 Å². The summed E-state index contributed by atoms with van der Waals surface area (Å²) in [7, 11) is 3.09. The zero-order chi connectivity index (χ0) is 18.4. The molecule has 2 rings (SSSR count). The first-order chi connectivity index (χ1) is 11.9. The van der Waals surface area contributed by atoms with Gasteiger partial charge in [-0.15, -0.1) is 0 Å². The van der Waals surface area contributed by atoms with E-state index in [9.17, 15) is 9.59 Å². The highest BCUT2D eigenvalue weighted by molar-refractivity contribution is 6.05. The summed E-state index contributed by atoms with van der Waals surface area (Å²) < 4.78 is 10.4. The molecule has 2 aromatic rings. The highest BCUT2D eigenvalue weighted by Gasteiger charge is 2.12. The average Bonchev–Trinajstić information content (AvgIpc) is 2.62. The minimum Gasteiger partial charge on any atom is -0.497 e. The van der Waals surface area contributed by atoms with Crippen molar-refractivity contribution in [1.29, 1.82) is 0 Å². The normalized spacial score (nSPS) is 10.3. The number of hydrogen-bond donors (Lipinski definition) is 2. The molecular weight excluding hydrogens is 320 g/mol. The van der Waals surface area contributed by atoms with Crippen LogP contribution < -0.4 is 20.1 Å². The summed E-state index contributed by atoms with van der Waals surface area (Å²) in [5.41, 5.74) is 1.67. The van der Waals surface area contributed by atoms with Crippen molar-refractivity contribution in [3.63, 3.8) is 0 Å². The van der Waals surface area contributed by atoms with Crippen LogP contribution in [-0.4, -0.2) is 26.0 Å². The first kappa shape index (κ1) is 18.3. The minimum absolute atomic E-state index is 0.0693. The summed E-state index contributed by atoms with van der Waals surface area (Å²) in [5.74, 6) is 0.699. The third-order valence-corrected chi connectivity index (χ3v) is 3.60. The van der Waals surface area contributed by atoms with Crippen molar-refractivity contribution in [2.24, 2.45) is 5.92 Å². The van der Waals surface area contributed by atoms with Gasteiger partial charge in [-0.25, -0.2) is 0 Å². The van der Waals surface area contributed by atoms with E-state index in [1.54, 1.807) is 49.6 Å². The number of amides is 2. The largest absolute Gasteiger partial charge is 0.497 e. The topological polar surface area (TPSA) is 76.7 Å². The smallest absolute Gasteiger partial charge is 0.255 e. The van der Waals surface area contributed by atoms with Crippen molar-refractivity contribution >= 4 is 23.2 Å². The van der Waals surface area contributed by atoms with E-state index in [2.05, 4.69) is 10.6 Å². The van der Waals surface area contributed by atoms with Gasteiger partial charge in [-0.1, -0.05) is 13.8 Å². The Morgan fingerprint density at radius 1 is 0.920 bits per heavy atom. The van der Waals surface area contributed by atoms with Crippen molar-refractivity contribution in [3.05, 3.63) is 48.0 Å². The summed E-state index contributed by atoms with van der Waals surface area (Å²) in [6.07, 6.45) is 0. The predicted molar refractivity (Wildman–Crippen MR) is 97.4 cm³/mol. The van der Waals surface area contributed by atoms with Crippen LogP contribution in [0.3, 0.4) is 0 Å².